The van der Waals surface area contributed by atoms with Crippen molar-refractivity contribution in [2.75, 3.05) is 0 Å². The Morgan fingerprint density at radius 1 is 1.41 bits per heavy atom. The van der Waals surface area contributed by atoms with E-state index >= 15 is 0 Å². The molecule has 1 heterocycles. The molecule has 0 aliphatic carbocycles. The fourth-order valence-corrected chi connectivity index (χ4v) is 2.19. The third kappa shape index (κ3) is 2.61. The van der Waals surface area contributed by atoms with Crippen LogP contribution < -0.4 is 0 Å². The molecule has 1 atom stereocenters. The van der Waals surface area contributed by atoms with Crippen LogP contribution in [0.2, 0.25) is 0 Å². The van der Waals surface area contributed by atoms with E-state index in [-0.39, 0.29) is 5.78 Å². The highest BCUT2D eigenvalue weighted by Gasteiger charge is 2.21. The van der Waals surface area contributed by atoms with Crippen LogP contribution in [0.5, 0.6) is 0 Å². The number of hydrogen-bond acceptors (Lipinski definition) is 3. The molecule has 0 radical (unpaired) electrons. The van der Waals surface area contributed by atoms with Crippen molar-refractivity contribution in [3.63, 3.8) is 0 Å². The van der Waals surface area contributed by atoms with Gasteiger partial charge in [-0.3, -0.25) is 4.79 Å². The largest absolute Gasteiger partial charge is 0.337 e. The highest BCUT2D eigenvalue weighted by atomic mass is 79.9. The van der Waals surface area contributed by atoms with Gasteiger partial charge in [0.15, 0.2) is 5.78 Å². The zero-order valence-electron chi connectivity index (χ0n) is 9.17. The van der Waals surface area contributed by atoms with E-state index in [2.05, 4.69) is 33.5 Å². The summed E-state index contributed by atoms with van der Waals surface area (Å²) in [5, 5.41) is -0.531. The number of benzene rings is 1. The molecule has 1 aromatic heterocycles. The molecule has 5 heteroatoms. The van der Waals surface area contributed by atoms with Gasteiger partial charge in [0.05, 0.1) is 0 Å². The first-order valence-corrected chi connectivity index (χ1v) is 6.35. The number of halogens is 1. The Labute approximate surface area is 113 Å². The fourth-order valence-electron chi connectivity index (χ4n) is 1.53. The summed E-state index contributed by atoms with van der Waals surface area (Å²) in [6.45, 7) is 0. The molecule has 0 saturated heterocycles. The predicted octanol–water partition coefficient (Wildman–Crippen LogP) is 3.04. The molecule has 0 saturated carbocycles. The molecule has 88 valence electrons. The average molecular weight is 311 g/mol. The zero-order chi connectivity index (χ0) is 12.4. The Hall–Kier alpha value is -1.07. The first kappa shape index (κ1) is 12.4. The van der Waals surface area contributed by atoms with Gasteiger partial charge in [-0.2, -0.15) is 12.6 Å². The number of aromatic nitrogens is 2. The number of hydrogen-bond donors (Lipinski definition) is 1. The number of imidazole rings is 1. The minimum atomic E-state index is -0.531. The molecule has 0 aliphatic rings. The monoisotopic (exact) mass is 310 g/mol. The zero-order valence-corrected chi connectivity index (χ0v) is 11.6. The molecule has 0 spiro atoms. The van der Waals surface area contributed by atoms with E-state index in [1.807, 2.05) is 19.2 Å². The van der Waals surface area contributed by atoms with Gasteiger partial charge in [-0.25, -0.2) is 4.98 Å². The topological polar surface area (TPSA) is 34.9 Å². The molecule has 0 amide bonds. The molecule has 0 N–H and O–H groups in total. The first-order valence-electron chi connectivity index (χ1n) is 5.04. The van der Waals surface area contributed by atoms with Crippen molar-refractivity contribution in [1.82, 2.24) is 9.55 Å². The van der Waals surface area contributed by atoms with Crippen LogP contribution in [0.15, 0.2) is 41.1 Å². The number of nitrogens with zero attached hydrogens (tertiary/aromatic N) is 2. The Kier molecular flexibility index (Phi) is 3.69. The van der Waals surface area contributed by atoms with E-state index in [9.17, 15) is 4.79 Å². The summed E-state index contributed by atoms with van der Waals surface area (Å²) >= 11 is 7.68. The van der Waals surface area contributed by atoms with Crippen LogP contribution in [0.1, 0.15) is 21.4 Å². The van der Waals surface area contributed by atoms with Crippen LogP contribution in [-0.4, -0.2) is 15.3 Å². The van der Waals surface area contributed by atoms with Gasteiger partial charge in [-0.1, -0.05) is 28.1 Å². The average Bonchev–Trinajstić information content (AvgIpc) is 2.74. The molecule has 0 aliphatic heterocycles. The van der Waals surface area contributed by atoms with Crippen molar-refractivity contribution >= 4 is 34.3 Å². The van der Waals surface area contributed by atoms with Crippen molar-refractivity contribution in [3.8, 4) is 0 Å². The molecule has 0 fully saturated rings. The Balaban J connectivity index is 2.26. The molecule has 2 aromatic rings. The van der Waals surface area contributed by atoms with E-state index in [0.717, 1.165) is 4.47 Å². The lowest BCUT2D eigenvalue weighted by molar-refractivity contribution is 0.0987. The lowest BCUT2D eigenvalue weighted by Gasteiger charge is -2.09. The number of thiol groups is 1. The Bertz CT molecular complexity index is 536. The van der Waals surface area contributed by atoms with E-state index in [0.29, 0.717) is 11.4 Å². The number of carbonyl (C=O) groups is 1. The minimum absolute atomic E-state index is 0.0462. The lowest BCUT2D eigenvalue weighted by atomic mass is 10.1. The van der Waals surface area contributed by atoms with E-state index < -0.39 is 5.25 Å². The third-order valence-electron chi connectivity index (χ3n) is 2.48. The van der Waals surface area contributed by atoms with Gasteiger partial charge in [-0.15, -0.1) is 0 Å². The molecule has 1 unspecified atom stereocenters. The number of Topliss-reactive ketones (excluding diaryl/α,β-unsaturated/α-hetero) is 1. The quantitative estimate of drug-likeness (QED) is 0.698. The van der Waals surface area contributed by atoms with E-state index in [1.165, 1.54) is 0 Å². The predicted molar refractivity (Wildman–Crippen MR) is 73.4 cm³/mol. The highest BCUT2D eigenvalue weighted by Crippen LogP contribution is 2.23. The molecular weight excluding hydrogens is 300 g/mol. The van der Waals surface area contributed by atoms with Crippen molar-refractivity contribution in [2.24, 2.45) is 7.05 Å². The van der Waals surface area contributed by atoms with Crippen LogP contribution in [0.3, 0.4) is 0 Å². The second-order valence-electron chi connectivity index (χ2n) is 3.67. The summed E-state index contributed by atoms with van der Waals surface area (Å²) < 4.78 is 2.75. The molecular formula is C12H11BrN2OS. The normalized spacial score (nSPS) is 12.4. The molecule has 17 heavy (non-hydrogen) atoms. The van der Waals surface area contributed by atoms with Gasteiger partial charge in [0.25, 0.3) is 0 Å². The van der Waals surface area contributed by atoms with Gasteiger partial charge in [0.1, 0.15) is 11.1 Å². The van der Waals surface area contributed by atoms with Gasteiger partial charge in [0, 0.05) is 29.5 Å². The maximum atomic E-state index is 12.2. The van der Waals surface area contributed by atoms with Crippen molar-refractivity contribution in [1.29, 1.82) is 0 Å². The molecule has 0 bridgehead atoms. The van der Waals surface area contributed by atoms with Gasteiger partial charge < -0.3 is 4.57 Å². The SMILES string of the molecule is Cn1ccnc1C(S)C(=O)c1ccc(Br)cc1. The molecule has 1 aromatic carbocycles. The van der Waals surface area contributed by atoms with Gasteiger partial charge in [0.2, 0.25) is 0 Å². The maximum Gasteiger partial charge on any atom is 0.183 e. The summed E-state index contributed by atoms with van der Waals surface area (Å²) in [5.41, 5.74) is 0.635. The Morgan fingerprint density at radius 2 is 2.06 bits per heavy atom. The summed E-state index contributed by atoms with van der Waals surface area (Å²) in [7, 11) is 1.85. The van der Waals surface area contributed by atoms with Crippen LogP contribution in [0.25, 0.3) is 0 Å². The maximum absolute atomic E-state index is 12.2. The first-order chi connectivity index (χ1) is 8.09. The number of carbonyl (C=O) groups excluding carboxylic acids is 1. The lowest BCUT2D eigenvalue weighted by Crippen LogP contribution is -2.12. The van der Waals surface area contributed by atoms with Crippen molar-refractivity contribution < 1.29 is 4.79 Å². The van der Waals surface area contributed by atoms with Crippen LogP contribution >= 0.6 is 28.6 Å². The van der Waals surface area contributed by atoms with Crippen LogP contribution in [0, 0.1) is 0 Å². The summed E-state index contributed by atoms with van der Waals surface area (Å²) in [5.74, 6) is 0.608. The van der Waals surface area contributed by atoms with Crippen molar-refractivity contribution in [3.05, 3.63) is 52.5 Å². The van der Waals surface area contributed by atoms with Crippen LogP contribution in [-0.2, 0) is 7.05 Å². The standard InChI is InChI=1S/C12H11BrN2OS/c1-15-7-6-14-12(15)11(17)10(16)8-2-4-9(13)5-3-8/h2-7,11,17H,1H3. The number of ketones is 1. The van der Waals surface area contributed by atoms with Gasteiger partial charge in [-0.05, 0) is 12.1 Å². The fraction of sp³-hybridized carbons (Fsp3) is 0.167. The second-order valence-corrected chi connectivity index (χ2v) is 5.10. The van der Waals surface area contributed by atoms with E-state index in [4.69, 9.17) is 0 Å². The van der Waals surface area contributed by atoms with Gasteiger partial charge >= 0.3 is 0 Å². The summed E-state index contributed by atoms with van der Waals surface area (Å²) in [6, 6.07) is 7.23. The Morgan fingerprint density at radius 3 is 2.59 bits per heavy atom. The van der Waals surface area contributed by atoms with E-state index in [1.54, 1.807) is 29.1 Å². The summed E-state index contributed by atoms with van der Waals surface area (Å²) in [4.78, 5) is 16.3. The number of aryl methyl sites for hydroxylation is 1. The van der Waals surface area contributed by atoms with Crippen LogP contribution in [0.4, 0.5) is 0 Å². The minimum Gasteiger partial charge on any atom is -0.337 e. The smallest absolute Gasteiger partial charge is 0.183 e. The van der Waals surface area contributed by atoms with Crippen molar-refractivity contribution in [2.45, 2.75) is 5.25 Å². The third-order valence-corrected chi connectivity index (χ3v) is 3.47. The molecule has 3 nitrogen and oxygen atoms in total. The second kappa shape index (κ2) is 5.06. The number of rotatable bonds is 3. The molecule has 2 rings (SSSR count). The highest BCUT2D eigenvalue weighted by molar-refractivity contribution is 9.10. The summed E-state index contributed by atoms with van der Waals surface area (Å²) in [6.07, 6.45) is 3.46.